The van der Waals surface area contributed by atoms with E-state index in [4.69, 9.17) is 9.83 Å². The second-order valence-electron chi connectivity index (χ2n) is 4.12. The van der Waals surface area contributed by atoms with Crippen LogP contribution >= 0.6 is 0 Å². The first-order chi connectivity index (χ1) is 9.06. The molecular formula is C13H13N3O3. The third-order valence-electron chi connectivity index (χ3n) is 2.79. The van der Waals surface area contributed by atoms with Crippen molar-refractivity contribution in [1.29, 1.82) is 5.41 Å². The van der Waals surface area contributed by atoms with E-state index >= 15 is 0 Å². The fourth-order valence-corrected chi connectivity index (χ4v) is 1.75. The molecule has 0 aliphatic carbocycles. The molecule has 6 nitrogen and oxygen atoms in total. The Balaban J connectivity index is 2.49. The Morgan fingerprint density at radius 2 is 2.21 bits per heavy atom. The molecule has 0 bridgehead atoms. The minimum atomic E-state index is -0.418. The standard InChI is InChI=1S/C13H13N3O3/c1-8-3-10(15-6-9(5-14)7-17)4-11-12(8)19-13(18)16(11)2/h3-7,14-15H,1-2H3/b9-6+,14-5?. The summed E-state index contributed by atoms with van der Waals surface area (Å²) in [7, 11) is 1.63. The minimum absolute atomic E-state index is 0.221. The second kappa shape index (κ2) is 4.93. The topological polar surface area (TPSA) is 88.1 Å². The Hall–Kier alpha value is -2.63. The first-order valence-electron chi connectivity index (χ1n) is 5.59. The van der Waals surface area contributed by atoms with E-state index in [9.17, 15) is 9.59 Å². The van der Waals surface area contributed by atoms with Gasteiger partial charge in [0.25, 0.3) is 0 Å². The van der Waals surface area contributed by atoms with Crippen LogP contribution in [0.2, 0.25) is 0 Å². The third-order valence-corrected chi connectivity index (χ3v) is 2.79. The molecule has 2 aromatic rings. The first-order valence-corrected chi connectivity index (χ1v) is 5.59. The zero-order chi connectivity index (χ0) is 14.0. The molecule has 1 aromatic carbocycles. The number of aromatic nitrogens is 1. The van der Waals surface area contributed by atoms with E-state index in [2.05, 4.69) is 5.32 Å². The van der Waals surface area contributed by atoms with Gasteiger partial charge in [-0.1, -0.05) is 0 Å². The van der Waals surface area contributed by atoms with Gasteiger partial charge < -0.3 is 15.1 Å². The maximum absolute atomic E-state index is 11.4. The number of nitrogens with one attached hydrogen (secondary N) is 2. The number of nitrogens with zero attached hydrogens (tertiary/aromatic N) is 1. The van der Waals surface area contributed by atoms with Crippen LogP contribution in [0.15, 0.2) is 33.1 Å². The van der Waals surface area contributed by atoms with Gasteiger partial charge in [0.2, 0.25) is 0 Å². The van der Waals surface area contributed by atoms with Gasteiger partial charge in [0.15, 0.2) is 11.9 Å². The molecule has 1 aromatic heterocycles. The predicted molar refractivity (Wildman–Crippen MR) is 72.7 cm³/mol. The van der Waals surface area contributed by atoms with E-state index in [-0.39, 0.29) is 5.57 Å². The lowest BCUT2D eigenvalue weighted by Crippen LogP contribution is -2.08. The van der Waals surface area contributed by atoms with E-state index < -0.39 is 5.76 Å². The molecule has 0 saturated carbocycles. The van der Waals surface area contributed by atoms with Crippen LogP contribution in [0, 0.1) is 12.3 Å². The molecule has 0 radical (unpaired) electrons. The van der Waals surface area contributed by atoms with Crippen molar-refractivity contribution in [1.82, 2.24) is 4.57 Å². The molecule has 0 amide bonds. The van der Waals surface area contributed by atoms with Crippen LogP contribution in [0.4, 0.5) is 5.69 Å². The van der Waals surface area contributed by atoms with Gasteiger partial charge in [-0.2, -0.15) is 0 Å². The maximum Gasteiger partial charge on any atom is 0.419 e. The Kier molecular flexibility index (Phi) is 3.33. The number of aryl methyl sites for hydroxylation is 2. The number of carbonyl (C=O) groups excluding carboxylic acids is 1. The number of anilines is 1. The summed E-state index contributed by atoms with van der Waals surface area (Å²) in [5, 5.41) is 9.93. The highest BCUT2D eigenvalue weighted by atomic mass is 16.4. The van der Waals surface area contributed by atoms with Crippen molar-refractivity contribution in [3.05, 3.63) is 40.0 Å². The van der Waals surface area contributed by atoms with Gasteiger partial charge in [-0.3, -0.25) is 9.36 Å². The number of hydrogen-bond acceptors (Lipinski definition) is 5. The largest absolute Gasteiger partial charge is 0.419 e. The Labute approximate surface area is 108 Å². The van der Waals surface area contributed by atoms with Crippen molar-refractivity contribution in [2.24, 2.45) is 7.05 Å². The third kappa shape index (κ3) is 2.33. The smallest absolute Gasteiger partial charge is 0.407 e. The van der Waals surface area contributed by atoms with Crippen molar-refractivity contribution in [2.75, 3.05) is 5.32 Å². The predicted octanol–water partition coefficient (Wildman–Crippen LogP) is 1.58. The Bertz CT molecular complexity index is 727. The Morgan fingerprint density at radius 3 is 2.84 bits per heavy atom. The van der Waals surface area contributed by atoms with Crippen LogP contribution in [0.1, 0.15) is 5.56 Å². The van der Waals surface area contributed by atoms with E-state index in [0.29, 0.717) is 23.1 Å². The zero-order valence-electron chi connectivity index (χ0n) is 10.6. The van der Waals surface area contributed by atoms with Crippen LogP contribution < -0.4 is 11.1 Å². The van der Waals surface area contributed by atoms with Crippen LogP contribution in [-0.2, 0) is 11.8 Å². The van der Waals surface area contributed by atoms with Crippen LogP contribution in [0.5, 0.6) is 0 Å². The quantitative estimate of drug-likeness (QED) is 0.495. The number of rotatable bonds is 4. The number of fused-ring (bicyclic) bond motifs is 1. The lowest BCUT2D eigenvalue weighted by atomic mass is 10.2. The lowest BCUT2D eigenvalue weighted by molar-refractivity contribution is -0.104. The fourth-order valence-electron chi connectivity index (χ4n) is 1.75. The van der Waals surface area contributed by atoms with Gasteiger partial charge in [-0.15, -0.1) is 0 Å². The molecule has 19 heavy (non-hydrogen) atoms. The molecule has 2 rings (SSSR count). The monoisotopic (exact) mass is 259 g/mol. The van der Waals surface area contributed by atoms with Gasteiger partial charge in [0, 0.05) is 30.7 Å². The summed E-state index contributed by atoms with van der Waals surface area (Å²) in [4.78, 5) is 22.0. The highest BCUT2D eigenvalue weighted by Gasteiger charge is 2.09. The summed E-state index contributed by atoms with van der Waals surface area (Å²) < 4.78 is 6.54. The maximum atomic E-state index is 11.4. The number of aldehydes is 1. The number of hydrogen-bond donors (Lipinski definition) is 2. The van der Waals surface area contributed by atoms with Crippen molar-refractivity contribution in [3.63, 3.8) is 0 Å². The summed E-state index contributed by atoms with van der Waals surface area (Å²) in [6.07, 6.45) is 2.97. The van der Waals surface area contributed by atoms with E-state index in [1.165, 1.54) is 10.8 Å². The molecular weight excluding hydrogens is 246 g/mol. The van der Waals surface area contributed by atoms with Crippen molar-refractivity contribution in [3.8, 4) is 0 Å². The molecule has 0 atom stereocenters. The number of oxazole rings is 1. The van der Waals surface area contributed by atoms with Gasteiger partial charge in [0.05, 0.1) is 5.52 Å². The molecule has 0 fully saturated rings. The summed E-state index contributed by atoms with van der Waals surface area (Å²) in [5.41, 5.74) is 2.96. The van der Waals surface area contributed by atoms with E-state index in [1.54, 1.807) is 19.2 Å². The lowest BCUT2D eigenvalue weighted by Gasteiger charge is -2.04. The molecule has 0 unspecified atom stereocenters. The summed E-state index contributed by atoms with van der Waals surface area (Å²) in [6.45, 7) is 1.83. The minimum Gasteiger partial charge on any atom is -0.407 e. The first kappa shape index (κ1) is 12.8. The number of allylic oxidation sites excluding steroid dienone is 1. The van der Waals surface area contributed by atoms with Crippen LogP contribution in [0.25, 0.3) is 11.1 Å². The highest BCUT2D eigenvalue weighted by molar-refractivity contribution is 6.00. The summed E-state index contributed by atoms with van der Waals surface area (Å²) >= 11 is 0. The van der Waals surface area contributed by atoms with Crippen molar-refractivity contribution in [2.45, 2.75) is 6.92 Å². The molecule has 2 N–H and O–H groups in total. The van der Waals surface area contributed by atoms with Crippen molar-refractivity contribution < 1.29 is 9.21 Å². The van der Waals surface area contributed by atoms with E-state index in [1.807, 2.05) is 6.92 Å². The molecule has 98 valence electrons. The number of benzene rings is 1. The zero-order valence-corrected chi connectivity index (χ0v) is 10.6. The fraction of sp³-hybridized carbons (Fsp3) is 0.154. The molecule has 1 heterocycles. The van der Waals surface area contributed by atoms with Gasteiger partial charge in [0.1, 0.15) is 0 Å². The van der Waals surface area contributed by atoms with Gasteiger partial charge >= 0.3 is 5.76 Å². The average molecular weight is 259 g/mol. The molecule has 0 spiro atoms. The van der Waals surface area contributed by atoms with Crippen LogP contribution in [-0.4, -0.2) is 17.1 Å². The molecule has 0 aliphatic heterocycles. The summed E-state index contributed by atoms with van der Waals surface area (Å²) in [5.74, 6) is -0.418. The average Bonchev–Trinajstić information content (AvgIpc) is 2.68. The summed E-state index contributed by atoms with van der Waals surface area (Å²) in [6, 6.07) is 3.55. The molecule has 0 aliphatic rings. The second-order valence-corrected chi connectivity index (χ2v) is 4.12. The molecule has 6 heteroatoms. The highest BCUT2D eigenvalue weighted by Crippen LogP contribution is 2.22. The van der Waals surface area contributed by atoms with Crippen LogP contribution in [0.3, 0.4) is 0 Å². The normalized spacial score (nSPS) is 11.6. The van der Waals surface area contributed by atoms with Gasteiger partial charge in [-0.25, -0.2) is 4.79 Å². The SMILES string of the molecule is Cc1cc(N/C=C(\C=N)C=O)cc2c1oc(=O)n2C. The van der Waals surface area contributed by atoms with Crippen molar-refractivity contribution >= 4 is 29.3 Å². The number of carbonyl (C=O) groups is 1. The molecule has 0 saturated heterocycles. The Morgan fingerprint density at radius 1 is 1.47 bits per heavy atom. The van der Waals surface area contributed by atoms with Gasteiger partial charge in [-0.05, 0) is 24.6 Å². The van der Waals surface area contributed by atoms with E-state index in [0.717, 1.165) is 11.8 Å².